The normalized spacial score (nSPS) is 21.6. The van der Waals surface area contributed by atoms with Gasteiger partial charge in [0.1, 0.15) is 0 Å². The van der Waals surface area contributed by atoms with E-state index in [1.54, 1.807) is 11.1 Å². The Kier molecular flexibility index (Phi) is 7.18. The molecule has 2 aromatic carbocycles. The minimum atomic E-state index is 0. The van der Waals surface area contributed by atoms with Crippen molar-refractivity contribution in [1.29, 1.82) is 0 Å². The van der Waals surface area contributed by atoms with E-state index in [-0.39, 0.29) is 24.8 Å². The predicted molar refractivity (Wildman–Crippen MR) is 111 cm³/mol. The Bertz CT molecular complexity index is 667. The standard InChI is InChI=1S/C21H26N2.2ClH/c1-2-6-17(7-3-1)16-22-20-9-8-18-10-12-21(15-19(18)14-20)11-4-5-13-23-21;;/h1-3,6-9,14,22-23H,4-5,10-13,15-16H2;2*1H. The number of benzene rings is 2. The van der Waals surface area contributed by atoms with E-state index >= 15 is 0 Å². The molecule has 0 aromatic heterocycles. The van der Waals surface area contributed by atoms with Gasteiger partial charge in [0.05, 0.1) is 0 Å². The first-order chi connectivity index (χ1) is 11.3. The molecule has 1 aliphatic heterocycles. The minimum absolute atomic E-state index is 0. The van der Waals surface area contributed by atoms with Crippen LogP contribution in [0.5, 0.6) is 0 Å². The molecule has 1 aliphatic carbocycles. The number of halogens is 2. The Labute approximate surface area is 163 Å². The SMILES string of the molecule is Cl.Cl.c1ccc(CNc2ccc3c(c2)CC2(CCCCN2)CC3)cc1. The lowest BCUT2D eigenvalue weighted by Crippen LogP contribution is -2.52. The molecule has 25 heavy (non-hydrogen) atoms. The van der Waals surface area contributed by atoms with Crippen LogP contribution in [0.15, 0.2) is 48.5 Å². The van der Waals surface area contributed by atoms with E-state index in [0.29, 0.717) is 5.54 Å². The second kappa shape index (κ2) is 8.93. The lowest BCUT2D eigenvalue weighted by atomic mass is 9.73. The topological polar surface area (TPSA) is 24.1 Å². The minimum Gasteiger partial charge on any atom is -0.381 e. The van der Waals surface area contributed by atoms with Gasteiger partial charge in [0, 0.05) is 17.8 Å². The van der Waals surface area contributed by atoms with Gasteiger partial charge in [-0.2, -0.15) is 0 Å². The van der Waals surface area contributed by atoms with E-state index in [1.165, 1.54) is 56.3 Å². The molecule has 1 saturated heterocycles. The summed E-state index contributed by atoms with van der Waals surface area (Å²) in [6.07, 6.45) is 7.79. The highest BCUT2D eigenvalue weighted by Crippen LogP contribution is 2.35. The summed E-state index contributed by atoms with van der Waals surface area (Å²) in [5, 5.41) is 7.41. The van der Waals surface area contributed by atoms with Crippen molar-refractivity contribution in [2.45, 2.75) is 50.6 Å². The molecular formula is C21H28Cl2N2. The molecule has 2 aromatic rings. The van der Waals surface area contributed by atoms with E-state index < -0.39 is 0 Å². The molecule has 1 heterocycles. The summed E-state index contributed by atoms with van der Waals surface area (Å²) in [4.78, 5) is 0. The first-order valence-corrected chi connectivity index (χ1v) is 8.98. The second-order valence-corrected chi connectivity index (χ2v) is 7.16. The Hall–Kier alpha value is -1.22. The number of aryl methyl sites for hydroxylation is 1. The van der Waals surface area contributed by atoms with Crippen molar-refractivity contribution in [2.75, 3.05) is 11.9 Å². The van der Waals surface area contributed by atoms with Crippen LogP contribution >= 0.6 is 24.8 Å². The average Bonchev–Trinajstić information content (AvgIpc) is 2.61. The van der Waals surface area contributed by atoms with Crippen LogP contribution in [0.25, 0.3) is 0 Å². The van der Waals surface area contributed by atoms with Gasteiger partial charge in [-0.3, -0.25) is 0 Å². The fourth-order valence-corrected chi connectivity index (χ4v) is 4.17. The molecule has 4 heteroatoms. The number of hydrogen-bond acceptors (Lipinski definition) is 2. The first-order valence-electron chi connectivity index (χ1n) is 8.98. The molecule has 1 spiro atoms. The largest absolute Gasteiger partial charge is 0.381 e. The second-order valence-electron chi connectivity index (χ2n) is 7.16. The van der Waals surface area contributed by atoms with Crippen molar-refractivity contribution in [2.24, 2.45) is 0 Å². The maximum atomic E-state index is 3.83. The molecule has 2 nitrogen and oxygen atoms in total. The lowest BCUT2D eigenvalue weighted by molar-refractivity contribution is 0.225. The number of hydrogen-bond donors (Lipinski definition) is 2. The number of anilines is 1. The van der Waals surface area contributed by atoms with Gasteiger partial charge in [-0.05, 0) is 67.5 Å². The highest BCUT2D eigenvalue weighted by Gasteiger charge is 2.35. The third kappa shape index (κ3) is 4.69. The molecule has 1 atom stereocenters. The molecular weight excluding hydrogens is 351 g/mol. The first kappa shape index (κ1) is 20.1. The fourth-order valence-electron chi connectivity index (χ4n) is 4.17. The summed E-state index contributed by atoms with van der Waals surface area (Å²) in [5.74, 6) is 0. The van der Waals surface area contributed by atoms with Crippen molar-refractivity contribution in [3.8, 4) is 0 Å². The van der Waals surface area contributed by atoms with E-state index in [1.807, 2.05) is 0 Å². The molecule has 136 valence electrons. The maximum absolute atomic E-state index is 3.83. The van der Waals surface area contributed by atoms with Crippen LogP contribution in [0.2, 0.25) is 0 Å². The molecule has 2 aliphatic rings. The van der Waals surface area contributed by atoms with Crippen LogP contribution in [0.1, 0.15) is 42.4 Å². The van der Waals surface area contributed by atoms with Crippen molar-refractivity contribution >= 4 is 30.5 Å². The fraction of sp³-hybridized carbons (Fsp3) is 0.429. The highest BCUT2D eigenvalue weighted by atomic mass is 35.5. The van der Waals surface area contributed by atoms with E-state index in [4.69, 9.17) is 0 Å². The van der Waals surface area contributed by atoms with Crippen LogP contribution in [-0.2, 0) is 19.4 Å². The summed E-state index contributed by atoms with van der Waals surface area (Å²) < 4.78 is 0. The zero-order chi connectivity index (χ0) is 15.5. The number of fused-ring (bicyclic) bond motifs is 1. The molecule has 2 N–H and O–H groups in total. The number of piperidine rings is 1. The van der Waals surface area contributed by atoms with Gasteiger partial charge in [0.25, 0.3) is 0 Å². The smallest absolute Gasteiger partial charge is 0.0400 e. The van der Waals surface area contributed by atoms with Crippen molar-refractivity contribution in [3.63, 3.8) is 0 Å². The number of rotatable bonds is 3. The van der Waals surface area contributed by atoms with Gasteiger partial charge in [-0.1, -0.05) is 42.8 Å². The summed E-state index contributed by atoms with van der Waals surface area (Å²) in [7, 11) is 0. The predicted octanol–water partition coefficient (Wildman–Crippen LogP) is 5.14. The van der Waals surface area contributed by atoms with Gasteiger partial charge in [0.15, 0.2) is 0 Å². The van der Waals surface area contributed by atoms with Gasteiger partial charge in [0.2, 0.25) is 0 Å². The van der Waals surface area contributed by atoms with Gasteiger partial charge in [-0.25, -0.2) is 0 Å². The molecule has 4 rings (SSSR count). The molecule has 1 unspecified atom stereocenters. The Morgan fingerprint density at radius 3 is 2.52 bits per heavy atom. The Balaban J connectivity index is 0.00000113. The summed E-state index contributed by atoms with van der Waals surface area (Å²) >= 11 is 0. The Morgan fingerprint density at radius 2 is 1.76 bits per heavy atom. The van der Waals surface area contributed by atoms with Crippen molar-refractivity contribution < 1.29 is 0 Å². The van der Waals surface area contributed by atoms with E-state index in [0.717, 1.165) is 6.54 Å². The van der Waals surface area contributed by atoms with Crippen LogP contribution in [-0.4, -0.2) is 12.1 Å². The molecule has 0 radical (unpaired) electrons. The Morgan fingerprint density at radius 1 is 0.920 bits per heavy atom. The third-order valence-electron chi connectivity index (χ3n) is 5.53. The third-order valence-corrected chi connectivity index (χ3v) is 5.53. The lowest BCUT2D eigenvalue weighted by Gasteiger charge is -2.42. The van der Waals surface area contributed by atoms with Gasteiger partial charge >= 0.3 is 0 Å². The quantitative estimate of drug-likeness (QED) is 0.771. The monoisotopic (exact) mass is 378 g/mol. The highest BCUT2D eigenvalue weighted by molar-refractivity contribution is 5.85. The summed E-state index contributed by atoms with van der Waals surface area (Å²) in [6, 6.07) is 17.6. The van der Waals surface area contributed by atoms with Gasteiger partial charge in [-0.15, -0.1) is 24.8 Å². The number of nitrogens with one attached hydrogen (secondary N) is 2. The van der Waals surface area contributed by atoms with Crippen molar-refractivity contribution in [3.05, 3.63) is 65.2 Å². The van der Waals surface area contributed by atoms with E-state index in [2.05, 4.69) is 59.2 Å². The molecule has 0 amide bonds. The van der Waals surface area contributed by atoms with Crippen LogP contribution < -0.4 is 10.6 Å². The summed E-state index contributed by atoms with van der Waals surface area (Å²) in [5.41, 5.74) is 6.05. The van der Waals surface area contributed by atoms with E-state index in [9.17, 15) is 0 Å². The van der Waals surface area contributed by atoms with Gasteiger partial charge < -0.3 is 10.6 Å². The average molecular weight is 379 g/mol. The molecule has 0 bridgehead atoms. The zero-order valence-electron chi connectivity index (χ0n) is 14.6. The van der Waals surface area contributed by atoms with Crippen molar-refractivity contribution in [1.82, 2.24) is 5.32 Å². The summed E-state index contributed by atoms with van der Waals surface area (Å²) in [6.45, 7) is 2.09. The van der Waals surface area contributed by atoms with Crippen LogP contribution in [0.4, 0.5) is 5.69 Å². The van der Waals surface area contributed by atoms with Crippen LogP contribution in [0, 0.1) is 0 Å². The molecule has 1 fully saturated rings. The maximum Gasteiger partial charge on any atom is 0.0400 e. The van der Waals surface area contributed by atoms with Crippen LogP contribution in [0.3, 0.4) is 0 Å². The zero-order valence-corrected chi connectivity index (χ0v) is 16.2. The molecule has 0 saturated carbocycles.